The molecule has 5 nitrogen and oxygen atoms in total. The molecule has 1 aliphatic rings. The minimum atomic E-state index is 0.184. The highest BCUT2D eigenvalue weighted by molar-refractivity contribution is 5.66. The molecule has 3 heterocycles. The van der Waals surface area contributed by atoms with E-state index in [1.165, 1.54) is 18.4 Å². The van der Waals surface area contributed by atoms with Gasteiger partial charge in [0.25, 0.3) is 0 Å². The highest BCUT2D eigenvalue weighted by Crippen LogP contribution is 2.42. The van der Waals surface area contributed by atoms with Gasteiger partial charge in [-0.25, -0.2) is 4.98 Å². The van der Waals surface area contributed by atoms with Gasteiger partial charge in [0.05, 0.1) is 23.6 Å². The van der Waals surface area contributed by atoms with E-state index in [9.17, 15) is 0 Å². The summed E-state index contributed by atoms with van der Waals surface area (Å²) in [5.41, 5.74) is 5.21. The lowest BCUT2D eigenvalue weighted by Gasteiger charge is -2.20. The fourth-order valence-electron chi connectivity index (χ4n) is 3.52. The molecule has 0 radical (unpaired) electrons. The Labute approximate surface area is 158 Å². The number of hydrogen-bond acceptors (Lipinski definition) is 4. The Morgan fingerprint density at radius 2 is 1.89 bits per heavy atom. The Hall–Kier alpha value is -3.21. The molecule has 0 unspecified atom stereocenters. The van der Waals surface area contributed by atoms with Crippen molar-refractivity contribution in [2.45, 2.75) is 25.8 Å². The number of rotatable bonds is 5. The van der Waals surface area contributed by atoms with Crippen LogP contribution in [0.2, 0.25) is 0 Å². The summed E-state index contributed by atoms with van der Waals surface area (Å²) < 4.78 is 1.87. The molecule has 0 saturated heterocycles. The Bertz CT molecular complexity index is 1080. The number of anilines is 1. The first-order valence-electron chi connectivity index (χ1n) is 9.37. The molecule has 5 heteroatoms. The van der Waals surface area contributed by atoms with Gasteiger partial charge in [0.1, 0.15) is 5.82 Å². The van der Waals surface area contributed by atoms with Crippen molar-refractivity contribution >= 4 is 11.5 Å². The van der Waals surface area contributed by atoms with Crippen molar-refractivity contribution in [3.05, 3.63) is 78.2 Å². The van der Waals surface area contributed by atoms with Crippen molar-refractivity contribution in [3.63, 3.8) is 0 Å². The predicted molar refractivity (Wildman–Crippen MR) is 106 cm³/mol. The molecular formula is C22H21N5. The molecule has 0 bridgehead atoms. The van der Waals surface area contributed by atoms with E-state index in [0.29, 0.717) is 5.92 Å². The number of aromatic nitrogens is 4. The number of hydrogen-bond donors (Lipinski definition) is 1. The Morgan fingerprint density at radius 1 is 1.04 bits per heavy atom. The number of benzene rings is 1. The fourth-order valence-corrected chi connectivity index (χ4v) is 3.52. The fraction of sp³-hybridized carbons (Fsp3) is 0.227. The highest BCUT2D eigenvalue weighted by atomic mass is 15.3. The third kappa shape index (κ3) is 3.16. The number of nitrogens with zero attached hydrogens (tertiary/aromatic N) is 4. The number of fused-ring (bicyclic) bond motifs is 1. The van der Waals surface area contributed by atoms with Crippen LogP contribution in [0.5, 0.6) is 0 Å². The van der Waals surface area contributed by atoms with Crippen LogP contribution in [0.4, 0.5) is 5.82 Å². The van der Waals surface area contributed by atoms with Crippen molar-refractivity contribution in [2.24, 2.45) is 5.92 Å². The van der Waals surface area contributed by atoms with Crippen LogP contribution in [0.15, 0.2) is 67.0 Å². The molecule has 1 fully saturated rings. The standard InChI is InChI=1S/C22H21N5/c1-15-9-11-23-19(13-15)22(17-7-8-17)26-21-14-18(16-5-3-2-4-6-16)25-20-10-12-24-27(20)21/h2-6,9-14,17,22,26H,7-8H2,1H3/t22-/m1/s1. The van der Waals surface area contributed by atoms with Gasteiger partial charge in [-0.05, 0) is 43.4 Å². The van der Waals surface area contributed by atoms with Crippen molar-refractivity contribution in [1.29, 1.82) is 0 Å². The van der Waals surface area contributed by atoms with Gasteiger partial charge < -0.3 is 5.32 Å². The van der Waals surface area contributed by atoms with E-state index in [4.69, 9.17) is 4.98 Å². The summed E-state index contributed by atoms with van der Waals surface area (Å²) >= 11 is 0. The molecule has 1 aliphatic carbocycles. The number of nitrogens with one attached hydrogen (secondary N) is 1. The van der Waals surface area contributed by atoms with Crippen molar-refractivity contribution < 1.29 is 0 Å². The maximum atomic E-state index is 4.77. The average Bonchev–Trinajstić information content (AvgIpc) is 3.42. The predicted octanol–water partition coefficient (Wildman–Crippen LogP) is 4.66. The molecule has 0 spiro atoms. The molecule has 5 rings (SSSR count). The van der Waals surface area contributed by atoms with E-state index < -0.39 is 0 Å². The first kappa shape index (κ1) is 16.0. The van der Waals surface area contributed by atoms with Crippen molar-refractivity contribution in [2.75, 3.05) is 5.32 Å². The van der Waals surface area contributed by atoms with Crippen LogP contribution < -0.4 is 5.32 Å². The number of pyridine rings is 1. The minimum Gasteiger partial charge on any atom is -0.361 e. The monoisotopic (exact) mass is 355 g/mol. The van der Waals surface area contributed by atoms with Crippen molar-refractivity contribution in [1.82, 2.24) is 19.6 Å². The van der Waals surface area contributed by atoms with E-state index >= 15 is 0 Å². The van der Waals surface area contributed by atoms with Gasteiger partial charge in [0.2, 0.25) is 0 Å². The minimum absolute atomic E-state index is 0.184. The largest absolute Gasteiger partial charge is 0.361 e. The Balaban J connectivity index is 1.58. The summed E-state index contributed by atoms with van der Waals surface area (Å²) in [6.07, 6.45) is 6.14. The third-order valence-corrected chi connectivity index (χ3v) is 5.08. The smallest absolute Gasteiger partial charge is 0.157 e. The summed E-state index contributed by atoms with van der Waals surface area (Å²) in [6.45, 7) is 2.11. The van der Waals surface area contributed by atoms with Gasteiger partial charge in [-0.1, -0.05) is 30.3 Å². The molecule has 0 aliphatic heterocycles. The quantitative estimate of drug-likeness (QED) is 0.565. The van der Waals surface area contributed by atoms with E-state index in [1.54, 1.807) is 6.20 Å². The van der Waals surface area contributed by atoms with E-state index in [-0.39, 0.29) is 6.04 Å². The molecule has 1 saturated carbocycles. The molecule has 0 amide bonds. The Morgan fingerprint density at radius 3 is 2.67 bits per heavy atom. The summed E-state index contributed by atoms with van der Waals surface area (Å²) in [5, 5.41) is 8.19. The van der Waals surface area contributed by atoms with Gasteiger partial charge in [0, 0.05) is 23.9 Å². The zero-order valence-electron chi connectivity index (χ0n) is 15.2. The molecular weight excluding hydrogens is 334 g/mol. The maximum absolute atomic E-state index is 4.77. The lowest BCUT2D eigenvalue weighted by atomic mass is 10.1. The normalized spacial score (nSPS) is 15.0. The molecule has 1 atom stereocenters. The zero-order chi connectivity index (χ0) is 18.2. The average molecular weight is 355 g/mol. The molecule has 1 N–H and O–H groups in total. The molecule has 27 heavy (non-hydrogen) atoms. The molecule has 4 aromatic rings. The van der Waals surface area contributed by atoms with Crippen LogP contribution in [0.3, 0.4) is 0 Å². The van der Waals surface area contributed by atoms with Gasteiger partial charge >= 0.3 is 0 Å². The van der Waals surface area contributed by atoms with E-state index in [2.05, 4.69) is 46.6 Å². The summed E-state index contributed by atoms with van der Waals surface area (Å²) in [6, 6.07) is 18.7. The Kier molecular flexibility index (Phi) is 3.85. The van der Waals surface area contributed by atoms with Crippen LogP contribution in [0, 0.1) is 12.8 Å². The topological polar surface area (TPSA) is 55.1 Å². The second kappa shape index (κ2) is 6.50. The second-order valence-electron chi connectivity index (χ2n) is 7.21. The summed E-state index contributed by atoms with van der Waals surface area (Å²) in [7, 11) is 0. The van der Waals surface area contributed by atoms with Crippen LogP contribution in [0.1, 0.15) is 30.1 Å². The maximum Gasteiger partial charge on any atom is 0.157 e. The SMILES string of the molecule is Cc1ccnc([C@H](Nc2cc(-c3ccccc3)nc3ccnn23)C2CC2)c1. The van der Waals surface area contributed by atoms with Crippen LogP contribution >= 0.6 is 0 Å². The van der Waals surface area contributed by atoms with E-state index in [1.807, 2.05) is 41.0 Å². The lowest BCUT2D eigenvalue weighted by Crippen LogP contribution is -2.17. The lowest BCUT2D eigenvalue weighted by molar-refractivity contribution is 0.650. The highest BCUT2D eigenvalue weighted by Gasteiger charge is 2.34. The molecule has 1 aromatic carbocycles. The first-order valence-corrected chi connectivity index (χ1v) is 9.37. The van der Waals surface area contributed by atoms with Crippen LogP contribution in [-0.4, -0.2) is 19.6 Å². The second-order valence-corrected chi connectivity index (χ2v) is 7.21. The summed E-state index contributed by atoms with van der Waals surface area (Å²) in [4.78, 5) is 9.40. The first-order chi connectivity index (χ1) is 13.3. The van der Waals surface area contributed by atoms with Gasteiger partial charge in [-0.3, -0.25) is 4.98 Å². The zero-order valence-corrected chi connectivity index (χ0v) is 15.2. The van der Waals surface area contributed by atoms with Gasteiger partial charge in [-0.15, -0.1) is 0 Å². The van der Waals surface area contributed by atoms with Crippen LogP contribution in [-0.2, 0) is 0 Å². The number of aryl methyl sites for hydroxylation is 1. The van der Waals surface area contributed by atoms with Crippen LogP contribution in [0.25, 0.3) is 16.9 Å². The molecule has 3 aromatic heterocycles. The van der Waals surface area contributed by atoms with E-state index in [0.717, 1.165) is 28.4 Å². The van der Waals surface area contributed by atoms with Crippen molar-refractivity contribution in [3.8, 4) is 11.3 Å². The van der Waals surface area contributed by atoms with Gasteiger partial charge in [0.15, 0.2) is 5.65 Å². The van der Waals surface area contributed by atoms with Gasteiger partial charge in [-0.2, -0.15) is 9.61 Å². The third-order valence-electron chi connectivity index (χ3n) is 5.08. The molecule has 134 valence electrons. The summed E-state index contributed by atoms with van der Waals surface area (Å²) in [5.74, 6) is 1.56.